The largest absolute Gasteiger partial charge is 0.475 e. The highest BCUT2D eigenvalue weighted by Crippen LogP contribution is 2.56. The minimum atomic E-state index is -5.50. The maximum absolute atomic E-state index is 15.5. The van der Waals surface area contributed by atoms with Crippen molar-refractivity contribution in [2.45, 2.75) is 130 Å². The molecule has 1 saturated heterocycles. The van der Waals surface area contributed by atoms with Crippen LogP contribution in [0.2, 0.25) is 5.02 Å². The molecule has 1 aromatic heterocycles. The van der Waals surface area contributed by atoms with E-state index in [2.05, 4.69) is 5.32 Å². The van der Waals surface area contributed by atoms with Crippen LogP contribution in [0.15, 0.2) is 42.6 Å². The van der Waals surface area contributed by atoms with Crippen molar-refractivity contribution in [3.63, 3.8) is 0 Å². The number of amides is 2. The van der Waals surface area contributed by atoms with Crippen LogP contribution in [-0.4, -0.2) is 104 Å². The molecule has 0 spiro atoms. The van der Waals surface area contributed by atoms with E-state index in [1.165, 1.54) is 97.3 Å². The maximum Gasteiger partial charge on any atom is 0.396 e. The van der Waals surface area contributed by atoms with E-state index in [1.54, 1.807) is 0 Å². The summed E-state index contributed by atoms with van der Waals surface area (Å²) < 4.78 is 80.2. The number of carbonyl (C=O) groups is 5. The molecule has 0 radical (unpaired) electrons. The van der Waals surface area contributed by atoms with E-state index in [1.807, 2.05) is 0 Å². The lowest BCUT2D eigenvalue weighted by atomic mass is 10.1. The molecular formula is C40H51ClF2N3O14P. The van der Waals surface area contributed by atoms with E-state index in [9.17, 15) is 43.0 Å². The normalized spacial score (nSPS) is 16.4. The van der Waals surface area contributed by atoms with E-state index < -0.39 is 110 Å². The third kappa shape index (κ3) is 11.6. The average Bonchev–Trinajstić information content (AvgIpc) is 3.71. The number of halogens is 3. The number of benzene rings is 2. The topological polar surface area (TPSA) is 218 Å². The van der Waals surface area contributed by atoms with Gasteiger partial charge >= 0.3 is 31.5 Å². The molecule has 0 unspecified atom stereocenters. The van der Waals surface area contributed by atoms with E-state index in [-0.39, 0.29) is 40.0 Å². The Morgan fingerprint density at radius 1 is 0.885 bits per heavy atom. The minimum absolute atomic E-state index is 0.0112. The number of aliphatic carboxylic acids is 2. The van der Waals surface area contributed by atoms with Crippen LogP contribution in [0.4, 0.5) is 8.78 Å². The number of Topliss-reactive ketones (excluding diaryl/α,β-unsaturated/α-hetero) is 1. The first-order chi connectivity index (χ1) is 28.3. The predicted molar refractivity (Wildman–Crippen MR) is 215 cm³/mol. The summed E-state index contributed by atoms with van der Waals surface area (Å²) in [6.07, 6.45) is -4.54. The Balaban J connectivity index is 1.86. The zero-order valence-corrected chi connectivity index (χ0v) is 36.8. The number of alkyl halides is 1. The Morgan fingerprint density at radius 3 is 1.89 bits per heavy atom. The van der Waals surface area contributed by atoms with Gasteiger partial charge in [-0.25, -0.2) is 27.4 Å². The lowest BCUT2D eigenvalue weighted by Crippen LogP contribution is -2.53. The summed E-state index contributed by atoms with van der Waals surface area (Å²) in [6.45, 7) is 11.3. The molecule has 2 amide bonds. The fraction of sp³-hybridized carbons (Fsp3) is 0.525. The van der Waals surface area contributed by atoms with Crippen LogP contribution < -0.4 is 10.6 Å². The summed E-state index contributed by atoms with van der Waals surface area (Å²) in [5.74, 6) is -13.1. The van der Waals surface area contributed by atoms with Gasteiger partial charge in [0.1, 0.15) is 24.6 Å². The Hall–Kier alpha value is -4.33. The Bertz CT molecular complexity index is 2110. The number of nitrogens with one attached hydrogen (secondary N) is 1. The first kappa shape index (κ1) is 49.3. The molecule has 0 saturated carbocycles. The van der Waals surface area contributed by atoms with Crippen LogP contribution in [0.3, 0.4) is 0 Å². The Labute approximate surface area is 356 Å². The van der Waals surface area contributed by atoms with Crippen LogP contribution >= 0.6 is 19.2 Å². The molecule has 1 fully saturated rings. The first-order valence-corrected chi connectivity index (χ1v) is 21.2. The van der Waals surface area contributed by atoms with Crippen LogP contribution in [0.1, 0.15) is 84.7 Å². The Kier molecular flexibility index (Phi) is 16.0. The number of carboxylic acids is 2. The number of ketones is 1. The van der Waals surface area contributed by atoms with Crippen molar-refractivity contribution < 1.29 is 75.5 Å². The fourth-order valence-corrected chi connectivity index (χ4v) is 8.44. The number of aromatic nitrogens is 1. The number of hydrogen-bond acceptors (Lipinski definition) is 12. The molecule has 0 aliphatic carbocycles. The number of ether oxygens (including phenoxy) is 4. The summed E-state index contributed by atoms with van der Waals surface area (Å²) in [6, 6.07) is 6.41. The second-order valence-electron chi connectivity index (χ2n) is 15.3. The van der Waals surface area contributed by atoms with Crippen molar-refractivity contribution in [2.75, 3.05) is 6.54 Å². The van der Waals surface area contributed by atoms with Gasteiger partial charge in [-0.2, -0.15) is 0 Å². The number of carbonyl (C=O) groups excluding carboxylic acids is 3. The van der Waals surface area contributed by atoms with E-state index >= 15 is 4.57 Å². The summed E-state index contributed by atoms with van der Waals surface area (Å²) in [4.78, 5) is 67.2. The van der Waals surface area contributed by atoms with Gasteiger partial charge in [-0.05, 0) is 80.5 Å². The number of nitrogens with zero attached hydrogens (tertiary/aromatic N) is 2. The summed E-state index contributed by atoms with van der Waals surface area (Å²) >= 11 is 5.86. The molecule has 3 aromatic rings. The smallest absolute Gasteiger partial charge is 0.396 e. The molecule has 1 aliphatic heterocycles. The second kappa shape index (κ2) is 19.8. The molecule has 2 heterocycles. The zero-order chi connectivity index (χ0) is 45.8. The SMILES string of the molecule is CC(=O)c1cn(CC(=O)N2C[C@H](F)C[C@H]2C(=O)NCc2cccc(Cl)c2F)c2cc(P(=O)(OC(OC(C)C)(OC(C)C)C(=O)O)OC(OC(C)C)(OC(C)C)C(=O)O)ccc12. The van der Waals surface area contributed by atoms with Gasteiger partial charge in [0.05, 0.1) is 46.8 Å². The summed E-state index contributed by atoms with van der Waals surface area (Å²) in [5, 5.41) is 23.0. The van der Waals surface area contributed by atoms with Gasteiger partial charge in [0, 0.05) is 35.7 Å². The highest BCUT2D eigenvalue weighted by molar-refractivity contribution is 7.62. The third-order valence-electron chi connectivity index (χ3n) is 8.79. The van der Waals surface area contributed by atoms with Crippen LogP contribution in [-0.2, 0) is 64.8 Å². The molecule has 17 nitrogen and oxygen atoms in total. The van der Waals surface area contributed by atoms with Gasteiger partial charge in [-0.1, -0.05) is 29.8 Å². The molecule has 336 valence electrons. The maximum atomic E-state index is 15.5. The number of rotatable bonds is 21. The van der Waals surface area contributed by atoms with Crippen molar-refractivity contribution in [1.82, 2.24) is 14.8 Å². The van der Waals surface area contributed by atoms with E-state index in [4.69, 9.17) is 39.6 Å². The van der Waals surface area contributed by atoms with Crippen LogP contribution in [0.25, 0.3) is 10.9 Å². The molecule has 1 aliphatic rings. The quantitative estimate of drug-likeness (QED) is 0.0643. The number of likely N-dealkylation sites (tertiary alicyclic amines) is 1. The van der Waals surface area contributed by atoms with Gasteiger partial charge in [-0.15, -0.1) is 0 Å². The number of hydrogen-bond donors (Lipinski definition) is 3. The zero-order valence-electron chi connectivity index (χ0n) is 35.1. The lowest BCUT2D eigenvalue weighted by molar-refractivity contribution is -0.370. The Morgan fingerprint density at radius 2 is 1.41 bits per heavy atom. The lowest BCUT2D eigenvalue weighted by Gasteiger charge is -2.38. The van der Waals surface area contributed by atoms with Crippen molar-refractivity contribution in [1.29, 1.82) is 0 Å². The fourth-order valence-electron chi connectivity index (χ4n) is 6.50. The highest BCUT2D eigenvalue weighted by atomic mass is 35.5. The molecule has 4 rings (SSSR count). The van der Waals surface area contributed by atoms with Gasteiger partial charge < -0.3 is 43.9 Å². The van der Waals surface area contributed by atoms with Crippen molar-refractivity contribution in [2.24, 2.45) is 0 Å². The first-order valence-electron chi connectivity index (χ1n) is 19.3. The monoisotopic (exact) mass is 901 g/mol. The van der Waals surface area contributed by atoms with Crippen LogP contribution in [0.5, 0.6) is 0 Å². The molecule has 21 heteroatoms. The number of fused-ring (bicyclic) bond motifs is 1. The van der Waals surface area contributed by atoms with Crippen LogP contribution in [0, 0.1) is 5.82 Å². The molecule has 61 heavy (non-hydrogen) atoms. The molecule has 3 N–H and O–H groups in total. The molecule has 0 bridgehead atoms. The van der Waals surface area contributed by atoms with Gasteiger partial charge in [0.2, 0.25) is 11.8 Å². The average molecular weight is 902 g/mol. The van der Waals surface area contributed by atoms with Crippen molar-refractivity contribution in [3.8, 4) is 0 Å². The molecular weight excluding hydrogens is 851 g/mol. The van der Waals surface area contributed by atoms with Gasteiger partial charge in [-0.3, -0.25) is 18.9 Å². The predicted octanol–water partition coefficient (Wildman–Crippen LogP) is 5.92. The summed E-state index contributed by atoms with van der Waals surface area (Å²) in [5.41, 5.74) is 0.109. The standard InChI is InChI=1S/C40H51ClF2N3O14P/c1-21(2)55-39(37(50)51,56-22(3)4)59-61(54,60-40(38(52)53,57-23(5)6)58-24(7)8)28-13-14-29-30(25(9)47)19-45(32(29)16-28)20-34(48)46-18-27(42)15-33(46)36(49)44-17-26-11-10-12-31(41)35(26)43/h10-14,16,19,21-24,27,33H,15,17-18,20H2,1-9H3,(H,44,49)(H,50,51)(H,52,53)/t27-,33+/m1/s1. The minimum Gasteiger partial charge on any atom is -0.475 e. The van der Waals surface area contributed by atoms with E-state index in [0.717, 1.165) is 17.0 Å². The highest BCUT2D eigenvalue weighted by Gasteiger charge is 2.58. The van der Waals surface area contributed by atoms with Crippen molar-refractivity contribution >= 4 is 64.9 Å². The third-order valence-corrected chi connectivity index (χ3v) is 11.0. The summed E-state index contributed by atoms with van der Waals surface area (Å²) in [7, 11) is -5.50. The second-order valence-corrected chi connectivity index (χ2v) is 17.6. The molecule has 2 atom stereocenters. The van der Waals surface area contributed by atoms with E-state index in [0.29, 0.717) is 0 Å². The van der Waals surface area contributed by atoms with Crippen molar-refractivity contribution in [3.05, 3.63) is 64.6 Å². The number of carboxylic acid groups (broad SMARTS) is 2. The molecule has 2 aromatic carbocycles. The van der Waals surface area contributed by atoms with Gasteiger partial charge in [0.25, 0.3) is 0 Å². The van der Waals surface area contributed by atoms with Gasteiger partial charge in [0.15, 0.2) is 5.78 Å².